The van der Waals surface area contributed by atoms with Gasteiger partial charge in [-0.3, -0.25) is 24.0 Å². The largest absolute Gasteiger partial charge is 0.298 e. The van der Waals surface area contributed by atoms with Crippen LogP contribution in [0.4, 0.5) is 0 Å². The Morgan fingerprint density at radius 1 is 0.301 bits per heavy atom. The minimum Gasteiger partial charge on any atom is -0.298 e. The fourth-order valence-corrected chi connectivity index (χ4v) is 9.13. The molecule has 6 heteroatoms. The molecular weight excluding hydrogens is 917 g/mol. The zero-order valence-corrected chi connectivity index (χ0v) is 41.0. The molecule has 0 amide bonds. The van der Waals surface area contributed by atoms with Gasteiger partial charge in [0.1, 0.15) is 6.29 Å². The summed E-state index contributed by atoms with van der Waals surface area (Å²) in [6.45, 7) is 1.84. The maximum Gasteiger partial charge on any atom is 0.193 e. The van der Waals surface area contributed by atoms with E-state index in [4.69, 9.17) is 0 Å². The van der Waals surface area contributed by atoms with E-state index in [2.05, 4.69) is 12.1 Å². The summed E-state index contributed by atoms with van der Waals surface area (Å²) in [5.41, 5.74) is 11.8. The highest BCUT2D eigenvalue weighted by atomic mass is 32.2. The van der Waals surface area contributed by atoms with Crippen LogP contribution in [-0.2, 0) is 0 Å². The SMILES string of the molecule is CSc1ccc(-c2cccc(C(=O)c3cc(C)cc(C(=O)c4cc(C(=O)c5cccc(-c6ccccc6)c5)cc(C(=O)c5cccc(-c6ccccc6)c5)c4)c3)c2)cc1.O=Cc1cccc(-c2ccccc2)c1. The molecule has 10 aromatic carbocycles. The molecule has 352 valence electrons. The minimum atomic E-state index is -0.412. The number of benzene rings is 10. The van der Waals surface area contributed by atoms with E-state index in [0.717, 1.165) is 61.3 Å². The minimum absolute atomic E-state index is 0.164. The Kier molecular flexibility index (Phi) is 15.2. The lowest BCUT2D eigenvalue weighted by molar-refractivity contribution is 0.102. The quantitative estimate of drug-likeness (QED) is 0.0613. The van der Waals surface area contributed by atoms with Gasteiger partial charge in [-0.2, -0.15) is 0 Å². The van der Waals surface area contributed by atoms with Crippen LogP contribution in [0.15, 0.2) is 254 Å². The van der Waals surface area contributed by atoms with Crippen molar-refractivity contribution in [1.29, 1.82) is 0 Å². The summed E-state index contributed by atoms with van der Waals surface area (Å²) in [6, 6.07) is 77.2. The molecule has 10 rings (SSSR count). The van der Waals surface area contributed by atoms with E-state index < -0.39 is 5.78 Å². The monoisotopic (exact) mass is 964 g/mol. The number of carbonyl (C=O) groups is 5. The maximum absolute atomic E-state index is 14.6. The van der Waals surface area contributed by atoms with E-state index in [-0.39, 0.29) is 39.6 Å². The summed E-state index contributed by atoms with van der Waals surface area (Å²) < 4.78 is 0. The second-order valence-corrected chi connectivity index (χ2v) is 18.4. The molecule has 0 aromatic heterocycles. The van der Waals surface area contributed by atoms with Gasteiger partial charge in [-0.05, 0) is 136 Å². The molecule has 5 nitrogen and oxygen atoms in total. The smallest absolute Gasteiger partial charge is 0.193 e. The average molecular weight is 965 g/mol. The topological polar surface area (TPSA) is 85.3 Å². The normalized spacial score (nSPS) is 10.7. The van der Waals surface area contributed by atoms with Gasteiger partial charge in [0.15, 0.2) is 23.1 Å². The van der Waals surface area contributed by atoms with Gasteiger partial charge < -0.3 is 0 Å². The molecule has 10 aromatic rings. The molecule has 0 aliphatic carbocycles. The first-order valence-electron chi connectivity index (χ1n) is 23.8. The van der Waals surface area contributed by atoms with Crippen molar-refractivity contribution in [3.63, 3.8) is 0 Å². The van der Waals surface area contributed by atoms with Crippen molar-refractivity contribution < 1.29 is 24.0 Å². The lowest BCUT2D eigenvalue weighted by Gasteiger charge is -2.12. The first kappa shape index (κ1) is 48.9. The highest BCUT2D eigenvalue weighted by Gasteiger charge is 2.22. The van der Waals surface area contributed by atoms with Crippen molar-refractivity contribution in [2.45, 2.75) is 11.8 Å². The molecule has 0 heterocycles. The first-order valence-corrected chi connectivity index (χ1v) is 25.0. The van der Waals surface area contributed by atoms with E-state index in [1.54, 1.807) is 72.4 Å². The fraction of sp³-hybridized carbons (Fsp3) is 0.0299. The molecule has 0 aliphatic heterocycles. The van der Waals surface area contributed by atoms with Gasteiger partial charge in [-0.1, -0.05) is 176 Å². The first-order chi connectivity index (χ1) is 35.6. The molecule has 0 bridgehead atoms. The molecule has 0 radical (unpaired) electrons. The number of aldehydes is 1. The zero-order chi connectivity index (χ0) is 50.7. The van der Waals surface area contributed by atoms with E-state index in [1.165, 1.54) is 0 Å². The summed E-state index contributed by atoms with van der Waals surface area (Å²) >= 11 is 1.67. The number of aryl methyl sites for hydroxylation is 1. The Morgan fingerprint density at radius 3 is 0.959 bits per heavy atom. The Labute approximate surface area is 429 Å². The number of ketones is 4. The lowest BCUT2D eigenvalue weighted by Crippen LogP contribution is -2.12. The van der Waals surface area contributed by atoms with E-state index in [0.29, 0.717) is 27.8 Å². The molecule has 0 spiro atoms. The molecule has 0 saturated heterocycles. The third-order valence-corrected chi connectivity index (χ3v) is 13.2. The number of hydrogen-bond donors (Lipinski definition) is 0. The molecule has 73 heavy (non-hydrogen) atoms. The van der Waals surface area contributed by atoms with Gasteiger partial charge >= 0.3 is 0 Å². The molecule has 0 aliphatic rings. The lowest BCUT2D eigenvalue weighted by atomic mass is 9.90. The van der Waals surface area contributed by atoms with Crippen molar-refractivity contribution in [2.24, 2.45) is 0 Å². The van der Waals surface area contributed by atoms with Crippen molar-refractivity contribution >= 4 is 41.2 Å². The molecule has 0 atom stereocenters. The van der Waals surface area contributed by atoms with Crippen LogP contribution >= 0.6 is 11.8 Å². The van der Waals surface area contributed by atoms with Crippen molar-refractivity contribution in [3.8, 4) is 44.5 Å². The van der Waals surface area contributed by atoms with Crippen LogP contribution in [0.5, 0.6) is 0 Å². The molecule has 0 fully saturated rings. The highest BCUT2D eigenvalue weighted by molar-refractivity contribution is 7.98. The van der Waals surface area contributed by atoms with Gasteiger partial charge in [0.25, 0.3) is 0 Å². The second-order valence-electron chi connectivity index (χ2n) is 17.5. The number of thioether (sulfide) groups is 1. The number of hydrogen-bond acceptors (Lipinski definition) is 6. The third-order valence-electron chi connectivity index (χ3n) is 12.5. The van der Waals surface area contributed by atoms with E-state index in [1.807, 2.05) is 189 Å². The zero-order valence-electron chi connectivity index (χ0n) is 40.2. The van der Waals surface area contributed by atoms with E-state index >= 15 is 0 Å². The van der Waals surface area contributed by atoms with Crippen molar-refractivity contribution in [1.82, 2.24) is 0 Å². The molecule has 0 saturated carbocycles. The number of rotatable bonds is 14. The van der Waals surface area contributed by atoms with Gasteiger partial charge in [-0.25, -0.2) is 0 Å². The Bertz CT molecular complexity index is 3530. The van der Waals surface area contributed by atoms with Crippen LogP contribution in [0.1, 0.15) is 79.6 Å². The molecule has 0 unspecified atom stereocenters. The molecule has 0 N–H and O–H groups in total. The van der Waals surface area contributed by atoms with Crippen LogP contribution in [0.25, 0.3) is 44.5 Å². The predicted octanol–water partition coefficient (Wildman–Crippen LogP) is 15.8. The van der Waals surface area contributed by atoms with Crippen LogP contribution in [-0.4, -0.2) is 35.7 Å². The fourth-order valence-electron chi connectivity index (χ4n) is 8.72. The van der Waals surface area contributed by atoms with Gasteiger partial charge in [0.2, 0.25) is 0 Å². The van der Waals surface area contributed by atoms with Crippen molar-refractivity contribution in [2.75, 3.05) is 6.26 Å². The van der Waals surface area contributed by atoms with Crippen molar-refractivity contribution in [3.05, 3.63) is 304 Å². The second kappa shape index (κ2) is 22.8. The van der Waals surface area contributed by atoms with E-state index in [9.17, 15) is 24.0 Å². The third kappa shape index (κ3) is 11.8. The van der Waals surface area contributed by atoms with Crippen LogP contribution in [0, 0.1) is 6.92 Å². The highest BCUT2D eigenvalue weighted by Crippen LogP contribution is 2.29. The summed E-state index contributed by atoms with van der Waals surface area (Å²) in [5, 5.41) is 0. The van der Waals surface area contributed by atoms with Crippen LogP contribution < -0.4 is 0 Å². The number of carbonyl (C=O) groups excluding carboxylic acids is 5. The summed E-state index contributed by atoms with van der Waals surface area (Å²) in [5.74, 6) is -1.29. The Morgan fingerprint density at radius 2 is 0.603 bits per heavy atom. The average Bonchev–Trinajstić information content (AvgIpc) is 3.47. The van der Waals surface area contributed by atoms with Crippen LogP contribution in [0.2, 0.25) is 0 Å². The Balaban J connectivity index is 0.000000402. The molecular formula is C67H48O5S. The predicted molar refractivity (Wildman–Crippen MR) is 296 cm³/mol. The summed E-state index contributed by atoms with van der Waals surface area (Å²) in [6.07, 6.45) is 2.90. The summed E-state index contributed by atoms with van der Waals surface area (Å²) in [7, 11) is 0. The summed E-state index contributed by atoms with van der Waals surface area (Å²) in [4.78, 5) is 69.0. The van der Waals surface area contributed by atoms with Gasteiger partial charge in [0.05, 0.1) is 0 Å². The maximum atomic E-state index is 14.6. The van der Waals surface area contributed by atoms with Gasteiger partial charge in [-0.15, -0.1) is 11.8 Å². The van der Waals surface area contributed by atoms with Gasteiger partial charge in [0, 0.05) is 55.0 Å². The standard InChI is InChI=1S/C54H38O4S.C13H10O/c1-35-26-45(51(55)42-19-11-18-41(30-42)38-22-24-50(59-2)25-23-38)31-46(27-35)54(58)49-33-47(52(56)43-20-9-16-39(28-43)36-12-5-3-6-13-36)32-48(34-49)53(57)44-21-10-17-40(29-44)37-14-7-4-8-15-37;14-10-11-5-4-8-13(9-11)12-6-2-1-3-7-12/h3-34H,1-2H3;1-10H. The Hall–Kier alpha value is -9.10. The van der Waals surface area contributed by atoms with Crippen LogP contribution in [0.3, 0.4) is 0 Å².